The maximum absolute atomic E-state index is 9.60. The highest BCUT2D eigenvalue weighted by atomic mass is 16.5. The highest BCUT2D eigenvalue weighted by molar-refractivity contribution is 4.65. The van der Waals surface area contributed by atoms with Crippen molar-refractivity contribution in [2.75, 3.05) is 32.9 Å². The third-order valence-corrected chi connectivity index (χ3v) is 2.49. The SMILES string of the molecule is CC(C)OCCOCC(O)CNCC(O)C(C)C. The van der Waals surface area contributed by atoms with E-state index in [1.165, 1.54) is 0 Å². The number of ether oxygens (including phenoxy) is 2. The van der Waals surface area contributed by atoms with Crippen molar-refractivity contribution in [3.8, 4) is 0 Å². The number of aliphatic hydroxyl groups is 2. The highest BCUT2D eigenvalue weighted by Crippen LogP contribution is 1.98. The van der Waals surface area contributed by atoms with Crippen LogP contribution in [0.4, 0.5) is 0 Å². The second kappa shape index (κ2) is 10.7. The molecule has 2 unspecified atom stereocenters. The van der Waals surface area contributed by atoms with E-state index >= 15 is 0 Å². The summed E-state index contributed by atoms with van der Waals surface area (Å²) in [7, 11) is 0. The fourth-order valence-electron chi connectivity index (χ4n) is 1.25. The predicted octanol–water partition coefficient (Wildman–Crippen LogP) is 0.395. The molecule has 0 aromatic heterocycles. The maximum Gasteiger partial charge on any atom is 0.0897 e. The van der Waals surface area contributed by atoms with Crippen molar-refractivity contribution in [2.45, 2.75) is 46.0 Å². The Morgan fingerprint density at radius 2 is 1.67 bits per heavy atom. The van der Waals surface area contributed by atoms with Gasteiger partial charge in [-0.05, 0) is 19.8 Å². The summed E-state index contributed by atoms with van der Waals surface area (Å²) in [6.45, 7) is 10.1. The molecule has 0 aromatic rings. The second-order valence-corrected chi connectivity index (χ2v) is 5.12. The number of hydrogen-bond donors (Lipinski definition) is 3. The van der Waals surface area contributed by atoms with Gasteiger partial charge in [-0.15, -0.1) is 0 Å². The van der Waals surface area contributed by atoms with Crippen LogP contribution in [0.3, 0.4) is 0 Å². The summed E-state index contributed by atoms with van der Waals surface area (Å²) >= 11 is 0. The Labute approximate surface area is 110 Å². The molecule has 0 spiro atoms. The minimum Gasteiger partial charge on any atom is -0.392 e. The average molecular weight is 263 g/mol. The van der Waals surface area contributed by atoms with Gasteiger partial charge in [0.25, 0.3) is 0 Å². The van der Waals surface area contributed by atoms with Crippen molar-refractivity contribution >= 4 is 0 Å². The maximum atomic E-state index is 9.60. The molecule has 0 fully saturated rings. The first-order valence-corrected chi connectivity index (χ1v) is 6.69. The Hall–Kier alpha value is -0.200. The first-order chi connectivity index (χ1) is 8.43. The van der Waals surface area contributed by atoms with Gasteiger partial charge in [-0.1, -0.05) is 13.8 Å². The molecule has 0 aliphatic carbocycles. The lowest BCUT2D eigenvalue weighted by Crippen LogP contribution is -2.37. The van der Waals surface area contributed by atoms with Gasteiger partial charge in [0, 0.05) is 13.1 Å². The van der Waals surface area contributed by atoms with E-state index in [2.05, 4.69) is 5.32 Å². The molecule has 0 radical (unpaired) electrons. The molecule has 0 rings (SSSR count). The molecular formula is C13H29NO4. The molecule has 0 amide bonds. The molecule has 0 aliphatic heterocycles. The van der Waals surface area contributed by atoms with Crippen LogP contribution >= 0.6 is 0 Å². The minimum atomic E-state index is -0.552. The van der Waals surface area contributed by atoms with Crippen LogP contribution in [0.1, 0.15) is 27.7 Å². The zero-order valence-corrected chi connectivity index (χ0v) is 12.1. The summed E-state index contributed by atoms with van der Waals surface area (Å²) < 4.78 is 10.6. The molecule has 18 heavy (non-hydrogen) atoms. The van der Waals surface area contributed by atoms with Crippen molar-refractivity contribution in [3.05, 3.63) is 0 Å². The second-order valence-electron chi connectivity index (χ2n) is 5.12. The fraction of sp³-hybridized carbons (Fsp3) is 1.00. The van der Waals surface area contributed by atoms with E-state index in [1.54, 1.807) is 0 Å². The molecule has 0 aliphatic rings. The quantitative estimate of drug-likeness (QED) is 0.471. The van der Waals surface area contributed by atoms with Crippen LogP contribution in [0.25, 0.3) is 0 Å². The Morgan fingerprint density at radius 3 is 2.22 bits per heavy atom. The summed E-state index contributed by atoms with van der Waals surface area (Å²) in [5, 5.41) is 22.2. The van der Waals surface area contributed by atoms with Gasteiger partial charge in [-0.2, -0.15) is 0 Å². The third kappa shape index (κ3) is 10.9. The number of nitrogens with one attached hydrogen (secondary N) is 1. The molecule has 0 bridgehead atoms. The first kappa shape index (κ1) is 17.8. The minimum absolute atomic E-state index is 0.206. The molecule has 2 atom stereocenters. The summed E-state index contributed by atoms with van der Waals surface area (Å²) in [5.41, 5.74) is 0. The van der Waals surface area contributed by atoms with Crippen molar-refractivity contribution in [2.24, 2.45) is 5.92 Å². The number of hydrogen-bond acceptors (Lipinski definition) is 5. The lowest BCUT2D eigenvalue weighted by Gasteiger charge is -2.17. The third-order valence-electron chi connectivity index (χ3n) is 2.49. The summed E-state index contributed by atoms with van der Waals surface area (Å²) in [5.74, 6) is 0.221. The molecule has 5 heteroatoms. The molecule has 0 saturated carbocycles. The standard InChI is InChI=1S/C13H29NO4/c1-10(2)13(16)8-14-7-12(15)9-17-5-6-18-11(3)4/h10-16H,5-9H2,1-4H3. The molecular weight excluding hydrogens is 234 g/mol. The topological polar surface area (TPSA) is 71.0 Å². The Kier molecular flexibility index (Phi) is 10.6. The van der Waals surface area contributed by atoms with Crippen LogP contribution in [-0.2, 0) is 9.47 Å². The van der Waals surface area contributed by atoms with E-state index in [9.17, 15) is 10.2 Å². The van der Waals surface area contributed by atoms with Crippen LogP contribution in [0, 0.1) is 5.92 Å². The largest absolute Gasteiger partial charge is 0.392 e. The molecule has 0 heterocycles. The van der Waals surface area contributed by atoms with E-state index < -0.39 is 6.10 Å². The lowest BCUT2D eigenvalue weighted by atomic mass is 10.1. The Morgan fingerprint density at radius 1 is 1.00 bits per heavy atom. The van der Waals surface area contributed by atoms with E-state index in [1.807, 2.05) is 27.7 Å². The van der Waals surface area contributed by atoms with E-state index in [0.29, 0.717) is 26.3 Å². The van der Waals surface area contributed by atoms with Gasteiger partial charge in [0.05, 0.1) is 38.1 Å². The monoisotopic (exact) mass is 263 g/mol. The van der Waals surface area contributed by atoms with Crippen molar-refractivity contribution in [3.63, 3.8) is 0 Å². The molecule has 0 aromatic carbocycles. The van der Waals surface area contributed by atoms with E-state index in [-0.39, 0.29) is 24.7 Å². The summed E-state index contributed by atoms with van der Waals surface area (Å²) in [6, 6.07) is 0. The Balaban J connectivity index is 3.35. The van der Waals surface area contributed by atoms with Crippen LogP contribution in [0.15, 0.2) is 0 Å². The van der Waals surface area contributed by atoms with Gasteiger partial charge < -0.3 is 25.0 Å². The van der Waals surface area contributed by atoms with Crippen molar-refractivity contribution in [1.29, 1.82) is 0 Å². The Bertz CT molecular complexity index is 188. The lowest BCUT2D eigenvalue weighted by molar-refractivity contribution is -0.0107. The van der Waals surface area contributed by atoms with Crippen LogP contribution in [0.2, 0.25) is 0 Å². The number of aliphatic hydroxyl groups excluding tert-OH is 2. The van der Waals surface area contributed by atoms with Crippen LogP contribution in [0.5, 0.6) is 0 Å². The van der Waals surface area contributed by atoms with E-state index in [0.717, 1.165) is 0 Å². The number of rotatable bonds is 11. The average Bonchev–Trinajstić information content (AvgIpc) is 2.27. The summed E-state index contributed by atoms with van der Waals surface area (Å²) in [6.07, 6.45) is -0.723. The zero-order chi connectivity index (χ0) is 14.0. The van der Waals surface area contributed by atoms with Crippen LogP contribution < -0.4 is 5.32 Å². The zero-order valence-electron chi connectivity index (χ0n) is 12.1. The summed E-state index contributed by atoms with van der Waals surface area (Å²) in [4.78, 5) is 0. The molecule has 110 valence electrons. The molecule has 3 N–H and O–H groups in total. The van der Waals surface area contributed by atoms with Gasteiger partial charge in [0.1, 0.15) is 0 Å². The van der Waals surface area contributed by atoms with Crippen LogP contribution in [-0.4, -0.2) is 61.4 Å². The smallest absolute Gasteiger partial charge is 0.0897 e. The predicted molar refractivity (Wildman–Crippen MR) is 71.6 cm³/mol. The highest BCUT2D eigenvalue weighted by Gasteiger charge is 2.10. The van der Waals surface area contributed by atoms with Gasteiger partial charge in [0.15, 0.2) is 0 Å². The normalized spacial score (nSPS) is 15.3. The molecule has 5 nitrogen and oxygen atoms in total. The van der Waals surface area contributed by atoms with E-state index in [4.69, 9.17) is 9.47 Å². The fourth-order valence-corrected chi connectivity index (χ4v) is 1.25. The first-order valence-electron chi connectivity index (χ1n) is 6.69. The molecule has 0 saturated heterocycles. The van der Waals surface area contributed by atoms with Gasteiger partial charge in [-0.25, -0.2) is 0 Å². The van der Waals surface area contributed by atoms with Crippen molar-refractivity contribution < 1.29 is 19.7 Å². The van der Waals surface area contributed by atoms with Gasteiger partial charge >= 0.3 is 0 Å². The van der Waals surface area contributed by atoms with Gasteiger partial charge in [0.2, 0.25) is 0 Å². The van der Waals surface area contributed by atoms with Gasteiger partial charge in [-0.3, -0.25) is 0 Å². The van der Waals surface area contributed by atoms with Crippen molar-refractivity contribution in [1.82, 2.24) is 5.32 Å².